The second kappa shape index (κ2) is 2.48. The zero-order valence-electron chi connectivity index (χ0n) is 7.89. The van der Waals surface area contributed by atoms with Crippen LogP contribution in [-0.4, -0.2) is 11.9 Å². The molecule has 0 spiro atoms. The predicted octanol–water partition coefficient (Wildman–Crippen LogP) is 1.70. The fourth-order valence-electron chi connectivity index (χ4n) is 2.58. The quantitative estimate of drug-likeness (QED) is 0.584. The first-order valence-corrected chi connectivity index (χ1v) is 4.90. The van der Waals surface area contributed by atoms with Crippen molar-refractivity contribution in [3.05, 3.63) is 0 Å². The van der Waals surface area contributed by atoms with Gasteiger partial charge < -0.3 is 5.32 Å². The first-order valence-electron chi connectivity index (χ1n) is 4.90. The number of piperidine rings is 1. The van der Waals surface area contributed by atoms with Gasteiger partial charge in [-0.3, -0.25) is 4.79 Å². The molecule has 2 fully saturated rings. The topological polar surface area (TPSA) is 29.1 Å². The molecule has 0 unspecified atom stereocenters. The highest BCUT2D eigenvalue weighted by molar-refractivity contribution is 5.83. The molecule has 0 bridgehead atoms. The van der Waals surface area contributed by atoms with E-state index in [0.29, 0.717) is 6.04 Å². The lowest BCUT2D eigenvalue weighted by molar-refractivity contribution is -0.134. The van der Waals surface area contributed by atoms with Gasteiger partial charge in [-0.1, -0.05) is 20.3 Å². The Balaban J connectivity index is 2.14. The second-order valence-electron chi connectivity index (χ2n) is 4.86. The molecule has 68 valence electrons. The van der Waals surface area contributed by atoms with Crippen molar-refractivity contribution in [2.45, 2.75) is 45.6 Å². The van der Waals surface area contributed by atoms with Crippen LogP contribution in [0.1, 0.15) is 39.5 Å². The molecule has 2 nitrogen and oxygen atoms in total. The van der Waals surface area contributed by atoms with Gasteiger partial charge in [0.05, 0.1) is 0 Å². The molecule has 0 aromatic carbocycles. The van der Waals surface area contributed by atoms with Gasteiger partial charge in [-0.25, -0.2) is 0 Å². The SMILES string of the molecule is CC1(C)C[C@H]2CCC[C@H]2NC1=O. The molecule has 2 heteroatoms. The number of nitrogens with one attached hydrogen (secondary N) is 1. The van der Waals surface area contributed by atoms with Gasteiger partial charge in [0.2, 0.25) is 5.91 Å². The molecule has 1 saturated heterocycles. The van der Waals surface area contributed by atoms with Gasteiger partial charge >= 0.3 is 0 Å². The first kappa shape index (κ1) is 8.09. The average Bonchev–Trinajstić information content (AvgIpc) is 2.35. The van der Waals surface area contributed by atoms with Crippen molar-refractivity contribution < 1.29 is 4.79 Å². The van der Waals surface area contributed by atoms with Crippen molar-refractivity contribution >= 4 is 5.91 Å². The number of rotatable bonds is 0. The lowest BCUT2D eigenvalue weighted by Crippen LogP contribution is -2.51. The van der Waals surface area contributed by atoms with Gasteiger partial charge in [-0.15, -0.1) is 0 Å². The Bertz CT molecular complexity index is 210. The third-order valence-corrected chi connectivity index (χ3v) is 3.36. The fourth-order valence-corrected chi connectivity index (χ4v) is 2.58. The first-order chi connectivity index (χ1) is 5.59. The largest absolute Gasteiger partial charge is 0.353 e. The molecular formula is C10H17NO. The smallest absolute Gasteiger partial charge is 0.225 e. The maximum atomic E-state index is 11.5. The van der Waals surface area contributed by atoms with Crippen molar-refractivity contribution in [3.63, 3.8) is 0 Å². The molecule has 1 amide bonds. The standard InChI is InChI=1S/C10H17NO/c1-10(2)6-7-4-3-5-8(7)11-9(10)12/h7-8H,3-6H2,1-2H3,(H,11,12)/t7-,8-/m1/s1. The van der Waals surface area contributed by atoms with Crippen molar-refractivity contribution in [1.82, 2.24) is 5.32 Å². The van der Waals surface area contributed by atoms with Crippen LogP contribution in [0.4, 0.5) is 0 Å². The van der Waals surface area contributed by atoms with E-state index >= 15 is 0 Å². The number of carbonyl (C=O) groups excluding carboxylic acids is 1. The number of amides is 1. The summed E-state index contributed by atoms with van der Waals surface area (Å²) in [5.74, 6) is 1.02. The third-order valence-electron chi connectivity index (χ3n) is 3.36. The molecule has 1 saturated carbocycles. The Labute approximate surface area is 73.7 Å². The minimum absolute atomic E-state index is 0.120. The van der Waals surface area contributed by atoms with Gasteiger partial charge in [0, 0.05) is 11.5 Å². The summed E-state index contributed by atoms with van der Waals surface area (Å²) in [5, 5.41) is 3.13. The van der Waals surface area contributed by atoms with Crippen LogP contribution < -0.4 is 5.32 Å². The van der Waals surface area contributed by atoms with Gasteiger partial charge in [0.25, 0.3) is 0 Å². The molecule has 1 heterocycles. The van der Waals surface area contributed by atoms with E-state index < -0.39 is 0 Å². The highest BCUT2D eigenvalue weighted by Gasteiger charge is 2.42. The van der Waals surface area contributed by atoms with E-state index in [1.807, 2.05) is 0 Å². The normalized spacial score (nSPS) is 39.0. The third kappa shape index (κ3) is 1.13. The highest BCUT2D eigenvalue weighted by atomic mass is 16.2. The maximum absolute atomic E-state index is 11.5. The van der Waals surface area contributed by atoms with E-state index in [-0.39, 0.29) is 11.3 Å². The summed E-state index contributed by atoms with van der Waals surface area (Å²) >= 11 is 0. The molecule has 0 aromatic heterocycles. The van der Waals surface area contributed by atoms with E-state index in [9.17, 15) is 4.79 Å². The second-order valence-corrected chi connectivity index (χ2v) is 4.86. The lowest BCUT2D eigenvalue weighted by atomic mass is 9.76. The zero-order valence-corrected chi connectivity index (χ0v) is 7.89. The predicted molar refractivity (Wildman–Crippen MR) is 47.7 cm³/mol. The van der Waals surface area contributed by atoms with Crippen LogP contribution >= 0.6 is 0 Å². The summed E-state index contributed by atoms with van der Waals surface area (Å²) in [6.45, 7) is 4.10. The molecule has 1 aliphatic heterocycles. The van der Waals surface area contributed by atoms with Crippen LogP contribution in [-0.2, 0) is 4.79 Å². The zero-order chi connectivity index (χ0) is 8.77. The highest BCUT2D eigenvalue weighted by Crippen LogP contribution is 2.39. The summed E-state index contributed by atoms with van der Waals surface area (Å²) in [5.41, 5.74) is -0.120. The van der Waals surface area contributed by atoms with Crippen molar-refractivity contribution in [1.29, 1.82) is 0 Å². The molecule has 1 aliphatic carbocycles. The van der Waals surface area contributed by atoms with Crippen LogP contribution in [0.5, 0.6) is 0 Å². The Kier molecular flexibility index (Phi) is 1.67. The van der Waals surface area contributed by atoms with E-state index in [1.54, 1.807) is 0 Å². The van der Waals surface area contributed by atoms with Crippen molar-refractivity contribution in [2.24, 2.45) is 11.3 Å². The fraction of sp³-hybridized carbons (Fsp3) is 0.900. The van der Waals surface area contributed by atoms with E-state index in [2.05, 4.69) is 19.2 Å². The van der Waals surface area contributed by atoms with E-state index in [1.165, 1.54) is 19.3 Å². The summed E-state index contributed by atoms with van der Waals surface area (Å²) in [7, 11) is 0. The molecule has 2 rings (SSSR count). The Morgan fingerprint density at radius 1 is 1.42 bits per heavy atom. The van der Waals surface area contributed by atoms with E-state index in [0.717, 1.165) is 12.3 Å². The summed E-state index contributed by atoms with van der Waals surface area (Å²) < 4.78 is 0. The summed E-state index contributed by atoms with van der Waals surface area (Å²) in [6, 6.07) is 0.505. The monoisotopic (exact) mass is 167 g/mol. The molecule has 0 radical (unpaired) electrons. The number of fused-ring (bicyclic) bond motifs is 1. The number of carbonyl (C=O) groups is 1. The van der Waals surface area contributed by atoms with Crippen LogP contribution in [0.25, 0.3) is 0 Å². The summed E-state index contributed by atoms with van der Waals surface area (Å²) in [4.78, 5) is 11.5. The number of hydrogen-bond donors (Lipinski definition) is 1. The van der Waals surface area contributed by atoms with E-state index in [4.69, 9.17) is 0 Å². The van der Waals surface area contributed by atoms with Gasteiger partial charge in [0.1, 0.15) is 0 Å². The molecule has 2 atom stereocenters. The Morgan fingerprint density at radius 2 is 2.17 bits per heavy atom. The van der Waals surface area contributed by atoms with Gasteiger partial charge in [-0.05, 0) is 25.2 Å². The average molecular weight is 167 g/mol. The molecule has 12 heavy (non-hydrogen) atoms. The minimum atomic E-state index is -0.120. The van der Waals surface area contributed by atoms with Crippen LogP contribution in [0.3, 0.4) is 0 Å². The van der Waals surface area contributed by atoms with Crippen molar-refractivity contribution in [3.8, 4) is 0 Å². The molecule has 2 aliphatic rings. The number of hydrogen-bond acceptors (Lipinski definition) is 1. The van der Waals surface area contributed by atoms with Crippen LogP contribution in [0, 0.1) is 11.3 Å². The summed E-state index contributed by atoms with van der Waals surface area (Å²) in [6.07, 6.45) is 4.90. The Morgan fingerprint density at radius 3 is 2.92 bits per heavy atom. The maximum Gasteiger partial charge on any atom is 0.225 e. The van der Waals surface area contributed by atoms with Gasteiger partial charge in [-0.2, -0.15) is 0 Å². The Hall–Kier alpha value is -0.530. The van der Waals surface area contributed by atoms with Crippen LogP contribution in [0.15, 0.2) is 0 Å². The van der Waals surface area contributed by atoms with Crippen molar-refractivity contribution in [2.75, 3.05) is 0 Å². The molecule has 0 aromatic rings. The minimum Gasteiger partial charge on any atom is -0.353 e. The molecular weight excluding hydrogens is 150 g/mol. The van der Waals surface area contributed by atoms with Gasteiger partial charge in [0.15, 0.2) is 0 Å². The lowest BCUT2D eigenvalue weighted by Gasteiger charge is -2.37. The molecule has 1 N–H and O–H groups in total. The van der Waals surface area contributed by atoms with Crippen LogP contribution in [0.2, 0.25) is 0 Å².